The fourth-order valence-electron chi connectivity index (χ4n) is 2.01. The van der Waals surface area contributed by atoms with Crippen molar-refractivity contribution in [3.05, 3.63) is 48.2 Å². The van der Waals surface area contributed by atoms with Crippen molar-refractivity contribution in [3.8, 4) is 0 Å². The van der Waals surface area contributed by atoms with Crippen molar-refractivity contribution in [1.82, 2.24) is 4.57 Å². The molecule has 1 nitrogen and oxygen atoms in total. The number of aromatic nitrogens is 1. The molecule has 0 radical (unpaired) electrons. The Bertz CT molecular complexity index is 491. The molecule has 84 valence electrons. The number of para-hydroxylation sites is 1. The van der Waals surface area contributed by atoms with Crippen LogP contribution in [0.3, 0.4) is 0 Å². The Morgan fingerprint density at radius 1 is 1.25 bits per heavy atom. The van der Waals surface area contributed by atoms with Crippen molar-refractivity contribution in [2.75, 3.05) is 0 Å². The number of hydrogen-bond acceptors (Lipinski definition) is 0. The van der Waals surface area contributed by atoms with Crippen LogP contribution in [0.4, 0.5) is 0 Å². The Labute approximate surface area is 97.4 Å². The molecule has 0 bridgehead atoms. The molecule has 0 spiro atoms. The summed E-state index contributed by atoms with van der Waals surface area (Å²) < 4.78 is 2.35. The molecule has 0 aliphatic carbocycles. The first-order chi connectivity index (χ1) is 7.81. The SMILES string of the molecule is C/C=C(/C)CCCn1ccc2ccccc21. The summed E-state index contributed by atoms with van der Waals surface area (Å²) in [6, 6.07) is 10.8. The average Bonchev–Trinajstić information content (AvgIpc) is 2.73. The van der Waals surface area contributed by atoms with Crippen LogP contribution in [0.25, 0.3) is 10.9 Å². The van der Waals surface area contributed by atoms with E-state index in [0.29, 0.717) is 0 Å². The third kappa shape index (κ3) is 2.35. The maximum Gasteiger partial charge on any atom is 0.0480 e. The van der Waals surface area contributed by atoms with E-state index in [1.165, 1.54) is 29.3 Å². The quantitative estimate of drug-likeness (QED) is 0.664. The highest BCUT2D eigenvalue weighted by Crippen LogP contribution is 2.16. The van der Waals surface area contributed by atoms with Crippen molar-refractivity contribution in [3.63, 3.8) is 0 Å². The van der Waals surface area contributed by atoms with E-state index < -0.39 is 0 Å². The first-order valence-corrected chi connectivity index (χ1v) is 5.97. The lowest BCUT2D eigenvalue weighted by Crippen LogP contribution is -1.95. The predicted molar refractivity (Wildman–Crippen MR) is 70.6 cm³/mol. The molecule has 2 aromatic rings. The monoisotopic (exact) mass is 213 g/mol. The maximum atomic E-state index is 2.35. The molecule has 0 N–H and O–H groups in total. The lowest BCUT2D eigenvalue weighted by atomic mass is 10.1. The molecular weight excluding hydrogens is 194 g/mol. The molecule has 1 heteroatoms. The van der Waals surface area contributed by atoms with Gasteiger partial charge in [-0.25, -0.2) is 0 Å². The Balaban J connectivity index is 2.05. The average molecular weight is 213 g/mol. The summed E-state index contributed by atoms with van der Waals surface area (Å²) in [6.07, 6.45) is 6.81. The minimum absolute atomic E-state index is 1.11. The smallest absolute Gasteiger partial charge is 0.0480 e. The zero-order valence-corrected chi connectivity index (χ0v) is 10.1. The third-order valence-corrected chi connectivity index (χ3v) is 3.14. The van der Waals surface area contributed by atoms with Gasteiger partial charge in [-0.2, -0.15) is 0 Å². The lowest BCUT2D eigenvalue weighted by Gasteiger charge is -2.05. The standard InChI is InChI=1S/C15H19N/c1-3-13(2)7-6-11-16-12-10-14-8-4-5-9-15(14)16/h3-5,8-10,12H,6-7,11H2,1-2H3/b13-3-. The van der Waals surface area contributed by atoms with Crippen LogP contribution in [0.5, 0.6) is 0 Å². The number of fused-ring (bicyclic) bond motifs is 1. The van der Waals surface area contributed by atoms with Gasteiger partial charge in [-0.15, -0.1) is 0 Å². The fourth-order valence-corrected chi connectivity index (χ4v) is 2.01. The van der Waals surface area contributed by atoms with Gasteiger partial charge in [-0.3, -0.25) is 0 Å². The van der Waals surface area contributed by atoms with Gasteiger partial charge in [0, 0.05) is 18.3 Å². The van der Waals surface area contributed by atoms with E-state index in [4.69, 9.17) is 0 Å². The first-order valence-electron chi connectivity index (χ1n) is 5.97. The number of nitrogens with zero attached hydrogens (tertiary/aromatic N) is 1. The second-order valence-electron chi connectivity index (χ2n) is 4.31. The van der Waals surface area contributed by atoms with E-state index in [-0.39, 0.29) is 0 Å². The summed E-state index contributed by atoms with van der Waals surface area (Å²) in [5.74, 6) is 0. The highest BCUT2D eigenvalue weighted by atomic mass is 14.9. The van der Waals surface area contributed by atoms with E-state index in [0.717, 1.165) is 6.54 Å². The number of hydrogen-bond donors (Lipinski definition) is 0. The molecule has 1 aromatic carbocycles. The summed E-state index contributed by atoms with van der Waals surface area (Å²) in [4.78, 5) is 0. The summed E-state index contributed by atoms with van der Waals surface area (Å²) in [7, 11) is 0. The van der Waals surface area contributed by atoms with Crippen LogP contribution in [-0.4, -0.2) is 4.57 Å². The third-order valence-electron chi connectivity index (χ3n) is 3.14. The van der Waals surface area contributed by atoms with E-state index in [1.807, 2.05) is 0 Å². The largest absolute Gasteiger partial charge is 0.347 e. The molecule has 0 aliphatic heterocycles. The number of aryl methyl sites for hydroxylation is 1. The van der Waals surface area contributed by atoms with E-state index in [9.17, 15) is 0 Å². The second-order valence-corrected chi connectivity index (χ2v) is 4.31. The van der Waals surface area contributed by atoms with Crippen molar-refractivity contribution in [2.24, 2.45) is 0 Å². The van der Waals surface area contributed by atoms with Gasteiger partial charge >= 0.3 is 0 Å². The zero-order chi connectivity index (χ0) is 11.4. The molecule has 0 unspecified atom stereocenters. The van der Waals surface area contributed by atoms with Gasteiger partial charge in [0.2, 0.25) is 0 Å². The van der Waals surface area contributed by atoms with Crippen LogP contribution < -0.4 is 0 Å². The Morgan fingerprint density at radius 2 is 2.06 bits per heavy atom. The van der Waals surface area contributed by atoms with Crippen molar-refractivity contribution in [1.29, 1.82) is 0 Å². The molecule has 0 saturated carbocycles. The van der Waals surface area contributed by atoms with Crippen LogP contribution in [0.15, 0.2) is 48.2 Å². The van der Waals surface area contributed by atoms with Gasteiger partial charge in [-0.1, -0.05) is 29.8 Å². The normalized spacial score (nSPS) is 12.2. The van der Waals surface area contributed by atoms with Crippen LogP contribution in [0.1, 0.15) is 26.7 Å². The fraction of sp³-hybridized carbons (Fsp3) is 0.333. The van der Waals surface area contributed by atoms with Crippen LogP contribution in [0, 0.1) is 0 Å². The van der Waals surface area contributed by atoms with E-state index in [1.54, 1.807) is 0 Å². The summed E-state index contributed by atoms with van der Waals surface area (Å²) in [6.45, 7) is 5.42. The molecule has 0 fully saturated rings. The molecule has 1 heterocycles. The van der Waals surface area contributed by atoms with Crippen molar-refractivity contribution >= 4 is 10.9 Å². The predicted octanol–water partition coefficient (Wildman–Crippen LogP) is 4.39. The topological polar surface area (TPSA) is 4.93 Å². The van der Waals surface area contributed by atoms with Crippen LogP contribution >= 0.6 is 0 Å². The molecule has 16 heavy (non-hydrogen) atoms. The number of benzene rings is 1. The second kappa shape index (κ2) is 5.02. The summed E-state index contributed by atoms with van der Waals surface area (Å²) in [5, 5.41) is 1.34. The Kier molecular flexibility index (Phi) is 3.45. The van der Waals surface area contributed by atoms with Gasteiger partial charge in [0.05, 0.1) is 0 Å². The van der Waals surface area contributed by atoms with Crippen LogP contribution in [-0.2, 0) is 6.54 Å². The van der Waals surface area contributed by atoms with E-state index >= 15 is 0 Å². The zero-order valence-electron chi connectivity index (χ0n) is 10.1. The number of allylic oxidation sites excluding steroid dienone is 2. The molecule has 0 aliphatic rings. The summed E-state index contributed by atoms with van der Waals surface area (Å²) in [5.41, 5.74) is 2.83. The molecular formula is C15H19N. The lowest BCUT2D eigenvalue weighted by molar-refractivity contribution is 0.659. The highest BCUT2D eigenvalue weighted by molar-refractivity contribution is 5.79. The van der Waals surface area contributed by atoms with Gasteiger partial charge < -0.3 is 4.57 Å². The van der Waals surface area contributed by atoms with Gasteiger partial charge in [0.1, 0.15) is 0 Å². The van der Waals surface area contributed by atoms with Crippen LogP contribution in [0.2, 0.25) is 0 Å². The summed E-state index contributed by atoms with van der Waals surface area (Å²) >= 11 is 0. The van der Waals surface area contributed by atoms with Crippen molar-refractivity contribution < 1.29 is 0 Å². The molecule has 0 amide bonds. The molecule has 2 rings (SSSR count). The van der Waals surface area contributed by atoms with Crippen molar-refractivity contribution in [2.45, 2.75) is 33.2 Å². The van der Waals surface area contributed by atoms with Gasteiger partial charge in [0.25, 0.3) is 0 Å². The first kappa shape index (κ1) is 11.0. The molecule has 0 atom stereocenters. The van der Waals surface area contributed by atoms with Gasteiger partial charge in [0.15, 0.2) is 0 Å². The number of rotatable bonds is 4. The minimum atomic E-state index is 1.11. The van der Waals surface area contributed by atoms with E-state index in [2.05, 4.69) is 61.0 Å². The highest BCUT2D eigenvalue weighted by Gasteiger charge is 1.99. The molecule has 1 aromatic heterocycles. The Morgan fingerprint density at radius 3 is 2.88 bits per heavy atom. The Hall–Kier alpha value is -1.50. The van der Waals surface area contributed by atoms with Gasteiger partial charge in [-0.05, 0) is 44.2 Å². The molecule has 0 saturated heterocycles. The minimum Gasteiger partial charge on any atom is -0.347 e. The maximum absolute atomic E-state index is 2.35.